The SMILES string of the molecule is CCCS(=O)(=O)NCc1cccc2c1C(Cc1cccc(Cl)c1)C(N)CC2. The third-order valence-corrected chi connectivity index (χ3v) is 6.99. The fraction of sp³-hybridized carbons (Fsp3) is 0.429. The van der Waals surface area contributed by atoms with E-state index < -0.39 is 10.0 Å². The number of nitrogens with one attached hydrogen (secondary N) is 1. The topological polar surface area (TPSA) is 72.2 Å². The number of nitrogens with two attached hydrogens (primary N) is 1. The van der Waals surface area contributed by atoms with Crippen LogP contribution in [0.4, 0.5) is 0 Å². The van der Waals surface area contributed by atoms with Crippen molar-refractivity contribution in [2.24, 2.45) is 5.73 Å². The Morgan fingerprint density at radius 2 is 2.00 bits per heavy atom. The van der Waals surface area contributed by atoms with E-state index in [0.29, 0.717) is 13.0 Å². The first-order chi connectivity index (χ1) is 12.9. The molecule has 1 aliphatic rings. The van der Waals surface area contributed by atoms with Gasteiger partial charge in [0.1, 0.15) is 0 Å². The maximum absolute atomic E-state index is 12.1. The van der Waals surface area contributed by atoms with Gasteiger partial charge in [-0.2, -0.15) is 0 Å². The summed E-state index contributed by atoms with van der Waals surface area (Å²) in [5.74, 6) is 0.298. The Bertz CT molecular complexity index is 899. The monoisotopic (exact) mass is 406 g/mol. The zero-order valence-electron chi connectivity index (χ0n) is 15.6. The molecule has 2 atom stereocenters. The van der Waals surface area contributed by atoms with Crippen molar-refractivity contribution in [1.29, 1.82) is 0 Å². The van der Waals surface area contributed by atoms with E-state index in [4.69, 9.17) is 17.3 Å². The number of halogens is 1. The van der Waals surface area contributed by atoms with Crippen molar-refractivity contribution >= 4 is 21.6 Å². The van der Waals surface area contributed by atoms with Crippen molar-refractivity contribution in [1.82, 2.24) is 4.72 Å². The molecule has 4 nitrogen and oxygen atoms in total. The first kappa shape index (κ1) is 20.3. The standard InChI is InChI=1S/C21H27ClN2O2S/c1-2-11-27(25,26)24-14-17-7-4-6-16-9-10-20(23)19(21(16)17)13-15-5-3-8-18(22)12-15/h3-8,12,19-20,24H,2,9-11,13-14,23H2,1H3. The van der Waals surface area contributed by atoms with E-state index >= 15 is 0 Å². The predicted octanol–water partition coefficient (Wildman–Crippen LogP) is 3.77. The van der Waals surface area contributed by atoms with Crippen LogP contribution in [0.5, 0.6) is 0 Å². The fourth-order valence-corrected chi connectivity index (χ4v) is 5.22. The van der Waals surface area contributed by atoms with Crippen molar-refractivity contribution in [2.45, 2.75) is 51.1 Å². The molecule has 0 heterocycles. The highest BCUT2D eigenvalue weighted by atomic mass is 35.5. The minimum atomic E-state index is -3.25. The van der Waals surface area contributed by atoms with Crippen LogP contribution in [0.1, 0.15) is 47.9 Å². The van der Waals surface area contributed by atoms with Gasteiger partial charge in [-0.05, 0) is 60.1 Å². The number of benzene rings is 2. The number of sulfonamides is 1. The average Bonchev–Trinajstić information content (AvgIpc) is 2.62. The molecule has 0 amide bonds. The molecule has 0 saturated carbocycles. The first-order valence-corrected chi connectivity index (χ1v) is 11.5. The lowest BCUT2D eigenvalue weighted by molar-refractivity contribution is 0.463. The van der Waals surface area contributed by atoms with Gasteiger partial charge in [0.05, 0.1) is 5.75 Å². The third kappa shape index (κ3) is 5.11. The van der Waals surface area contributed by atoms with Crippen LogP contribution in [-0.2, 0) is 29.4 Å². The summed E-state index contributed by atoms with van der Waals surface area (Å²) in [5.41, 5.74) is 11.2. The van der Waals surface area contributed by atoms with E-state index in [-0.39, 0.29) is 17.7 Å². The Morgan fingerprint density at radius 3 is 2.74 bits per heavy atom. The Morgan fingerprint density at radius 1 is 1.22 bits per heavy atom. The van der Waals surface area contributed by atoms with Gasteiger partial charge in [0.2, 0.25) is 10.0 Å². The minimum absolute atomic E-state index is 0.0462. The highest BCUT2D eigenvalue weighted by Gasteiger charge is 2.29. The molecule has 27 heavy (non-hydrogen) atoms. The predicted molar refractivity (Wildman–Crippen MR) is 112 cm³/mol. The second kappa shape index (κ2) is 8.74. The molecule has 0 radical (unpaired) electrons. The Labute approximate surface area is 167 Å². The number of hydrogen-bond donors (Lipinski definition) is 2. The molecule has 0 spiro atoms. The second-order valence-electron chi connectivity index (χ2n) is 7.27. The van der Waals surface area contributed by atoms with Gasteiger partial charge in [-0.3, -0.25) is 0 Å². The molecule has 0 fully saturated rings. The van der Waals surface area contributed by atoms with E-state index in [1.165, 1.54) is 11.1 Å². The molecular weight excluding hydrogens is 380 g/mol. The maximum atomic E-state index is 12.1. The van der Waals surface area contributed by atoms with Crippen LogP contribution in [0, 0.1) is 0 Å². The molecule has 1 aliphatic carbocycles. The third-order valence-electron chi connectivity index (χ3n) is 5.22. The lowest BCUT2D eigenvalue weighted by Crippen LogP contribution is -2.36. The normalized spacial score (nSPS) is 19.7. The van der Waals surface area contributed by atoms with Gasteiger partial charge < -0.3 is 5.73 Å². The van der Waals surface area contributed by atoms with Crippen molar-refractivity contribution < 1.29 is 8.42 Å². The van der Waals surface area contributed by atoms with Crippen molar-refractivity contribution in [3.63, 3.8) is 0 Å². The van der Waals surface area contributed by atoms with Crippen molar-refractivity contribution in [3.8, 4) is 0 Å². The zero-order chi connectivity index (χ0) is 19.4. The maximum Gasteiger partial charge on any atom is 0.211 e. The number of aryl methyl sites for hydroxylation is 1. The largest absolute Gasteiger partial charge is 0.327 e. The molecule has 6 heteroatoms. The number of hydrogen-bond acceptors (Lipinski definition) is 3. The van der Waals surface area contributed by atoms with E-state index in [1.807, 2.05) is 37.3 Å². The van der Waals surface area contributed by atoms with Crippen LogP contribution in [0.15, 0.2) is 42.5 Å². The molecule has 0 aromatic heterocycles. The molecule has 2 aromatic carbocycles. The summed E-state index contributed by atoms with van der Waals surface area (Å²) in [5, 5.41) is 0.720. The summed E-state index contributed by atoms with van der Waals surface area (Å²) < 4.78 is 26.9. The minimum Gasteiger partial charge on any atom is -0.327 e. The molecule has 2 aromatic rings. The summed E-state index contributed by atoms with van der Waals surface area (Å²) >= 11 is 6.15. The van der Waals surface area contributed by atoms with E-state index in [9.17, 15) is 8.42 Å². The molecule has 0 bridgehead atoms. The summed E-state index contributed by atoms with van der Waals surface area (Å²) in [6.45, 7) is 2.17. The molecule has 0 aliphatic heterocycles. The smallest absolute Gasteiger partial charge is 0.211 e. The quantitative estimate of drug-likeness (QED) is 0.735. The van der Waals surface area contributed by atoms with Gasteiger partial charge in [0.25, 0.3) is 0 Å². The van der Waals surface area contributed by atoms with E-state index in [1.54, 1.807) is 0 Å². The van der Waals surface area contributed by atoms with Crippen LogP contribution < -0.4 is 10.5 Å². The zero-order valence-corrected chi connectivity index (χ0v) is 17.2. The summed E-state index contributed by atoms with van der Waals surface area (Å²) in [4.78, 5) is 0. The number of rotatable bonds is 7. The Balaban J connectivity index is 1.90. The van der Waals surface area contributed by atoms with Crippen LogP contribution in [-0.4, -0.2) is 20.2 Å². The van der Waals surface area contributed by atoms with E-state index in [0.717, 1.165) is 35.4 Å². The Kier molecular flexibility index (Phi) is 6.58. The number of fused-ring (bicyclic) bond motifs is 1. The van der Waals surface area contributed by atoms with Gasteiger partial charge in [-0.25, -0.2) is 13.1 Å². The van der Waals surface area contributed by atoms with Crippen LogP contribution in [0.2, 0.25) is 5.02 Å². The molecule has 146 valence electrons. The molecule has 2 unspecified atom stereocenters. The highest BCUT2D eigenvalue weighted by Crippen LogP contribution is 2.36. The fourth-order valence-electron chi connectivity index (χ4n) is 3.95. The summed E-state index contributed by atoms with van der Waals surface area (Å²) in [6.07, 6.45) is 3.26. The van der Waals surface area contributed by atoms with Gasteiger partial charge in [-0.1, -0.05) is 48.9 Å². The highest BCUT2D eigenvalue weighted by molar-refractivity contribution is 7.89. The van der Waals surface area contributed by atoms with Gasteiger partial charge in [0.15, 0.2) is 0 Å². The summed E-state index contributed by atoms with van der Waals surface area (Å²) in [7, 11) is -3.25. The lowest BCUT2D eigenvalue weighted by Gasteiger charge is -2.33. The molecule has 3 rings (SSSR count). The van der Waals surface area contributed by atoms with Gasteiger partial charge >= 0.3 is 0 Å². The van der Waals surface area contributed by atoms with Gasteiger partial charge in [0, 0.05) is 23.5 Å². The van der Waals surface area contributed by atoms with Crippen LogP contribution in [0.3, 0.4) is 0 Å². The second-order valence-corrected chi connectivity index (χ2v) is 9.64. The van der Waals surface area contributed by atoms with Crippen molar-refractivity contribution in [2.75, 3.05) is 5.75 Å². The molecule has 3 N–H and O–H groups in total. The first-order valence-electron chi connectivity index (χ1n) is 9.47. The van der Waals surface area contributed by atoms with Crippen molar-refractivity contribution in [3.05, 3.63) is 69.7 Å². The molecular formula is C21H27ClN2O2S. The van der Waals surface area contributed by atoms with Gasteiger partial charge in [-0.15, -0.1) is 0 Å². The lowest BCUT2D eigenvalue weighted by atomic mass is 9.74. The Hall–Kier alpha value is -1.40. The van der Waals surface area contributed by atoms with E-state index in [2.05, 4.69) is 16.9 Å². The van der Waals surface area contributed by atoms with Crippen LogP contribution in [0.25, 0.3) is 0 Å². The molecule has 0 saturated heterocycles. The average molecular weight is 407 g/mol. The summed E-state index contributed by atoms with van der Waals surface area (Å²) in [6, 6.07) is 14.1. The van der Waals surface area contributed by atoms with Crippen LogP contribution >= 0.6 is 11.6 Å².